The maximum atomic E-state index is 13.8. The number of alkyl halides is 3. The Kier molecular flexibility index (Phi) is 8.56. The maximum Gasteiger partial charge on any atom is 0.416 e. The van der Waals surface area contributed by atoms with E-state index in [0.29, 0.717) is 11.1 Å². The molecule has 0 bridgehead atoms. The summed E-state index contributed by atoms with van der Waals surface area (Å²) < 4.78 is 57.0. The van der Waals surface area contributed by atoms with E-state index in [0.717, 1.165) is 12.1 Å². The number of amides is 1. The lowest BCUT2D eigenvalue weighted by atomic mass is 10.1. The number of rotatable bonds is 9. The van der Waals surface area contributed by atoms with Gasteiger partial charge >= 0.3 is 12.1 Å². The summed E-state index contributed by atoms with van der Waals surface area (Å²) in [6, 6.07) is 10.6. The van der Waals surface area contributed by atoms with Crippen LogP contribution in [-0.4, -0.2) is 48.4 Å². The molecule has 0 aliphatic rings. The predicted octanol–water partition coefficient (Wildman–Crippen LogP) is 3.87. The SMILES string of the molecule is CCOC(=O)CN(CC(=O)N(C)Cc1ccccc1F)Cc1ccc(C(F)(F)F)cc1. The molecule has 5 nitrogen and oxygen atoms in total. The minimum atomic E-state index is -4.45. The molecule has 0 aromatic heterocycles. The first kappa shape index (κ1) is 24.3. The molecule has 0 heterocycles. The van der Waals surface area contributed by atoms with Crippen molar-refractivity contribution in [1.82, 2.24) is 9.80 Å². The molecule has 0 N–H and O–H groups in total. The number of nitrogens with zero attached hydrogens (tertiary/aromatic N) is 2. The van der Waals surface area contributed by atoms with Gasteiger partial charge in [0.1, 0.15) is 5.82 Å². The minimum absolute atomic E-state index is 0.0407. The fourth-order valence-electron chi connectivity index (χ4n) is 2.90. The zero-order valence-corrected chi connectivity index (χ0v) is 17.3. The number of halogens is 4. The molecule has 2 aromatic rings. The number of benzene rings is 2. The summed E-state index contributed by atoms with van der Waals surface area (Å²) in [6.45, 7) is 1.51. The van der Waals surface area contributed by atoms with Crippen molar-refractivity contribution in [2.75, 3.05) is 26.7 Å². The Morgan fingerprint density at radius 2 is 1.61 bits per heavy atom. The van der Waals surface area contributed by atoms with Crippen LogP contribution in [0.1, 0.15) is 23.6 Å². The van der Waals surface area contributed by atoms with Crippen molar-refractivity contribution in [3.05, 3.63) is 71.0 Å². The highest BCUT2D eigenvalue weighted by Crippen LogP contribution is 2.29. The van der Waals surface area contributed by atoms with Crippen LogP contribution in [0.5, 0.6) is 0 Å². The van der Waals surface area contributed by atoms with E-state index in [9.17, 15) is 27.2 Å². The van der Waals surface area contributed by atoms with Gasteiger partial charge in [0, 0.05) is 25.7 Å². The van der Waals surface area contributed by atoms with E-state index in [4.69, 9.17) is 4.74 Å². The van der Waals surface area contributed by atoms with Gasteiger partial charge in [0.2, 0.25) is 5.91 Å². The number of hydrogen-bond acceptors (Lipinski definition) is 4. The van der Waals surface area contributed by atoms with Crippen molar-refractivity contribution in [2.24, 2.45) is 0 Å². The highest BCUT2D eigenvalue weighted by molar-refractivity contribution is 5.79. The summed E-state index contributed by atoms with van der Waals surface area (Å²) >= 11 is 0. The zero-order valence-electron chi connectivity index (χ0n) is 17.3. The second-order valence-corrected chi connectivity index (χ2v) is 6.99. The van der Waals surface area contributed by atoms with Gasteiger partial charge in [-0.3, -0.25) is 14.5 Å². The number of ether oxygens (including phenoxy) is 1. The molecule has 168 valence electrons. The van der Waals surface area contributed by atoms with Gasteiger partial charge in [0.05, 0.1) is 25.3 Å². The quantitative estimate of drug-likeness (QED) is 0.439. The van der Waals surface area contributed by atoms with E-state index in [1.54, 1.807) is 25.1 Å². The van der Waals surface area contributed by atoms with Crippen LogP contribution in [0.2, 0.25) is 0 Å². The van der Waals surface area contributed by atoms with Crippen molar-refractivity contribution < 1.29 is 31.9 Å². The second-order valence-electron chi connectivity index (χ2n) is 6.99. The normalized spacial score (nSPS) is 11.5. The summed E-state index contributed by atoms with van der Waals surface area (Å²) in [5.41, 5.74) is 0.0637. The third-order valence-corrected chi connectivity index (χ3v) is 4.50. The van der Waals surface area contributed by atoms with E-state index >= 15 is 0 Å². The summed E-state index contributed by atoms with van der Waals surface area (Å²) in [5, 5.41) is 0. The Hall–Kier alpha value is -2.94. The zero-order chi connectivity index (χ0) is 23.0. The first-order valence-electron chi connectivity index (χ1n) is 9.61. The molecule has 0 fully saturated rings. The van der Waals surface area contributed by atoms with Crippen LogP contribution in [0.25, 0.3) is 0 Å². The summed E-state index contributed by atoms with van der Waals surface area (Å²) in [6.07, 6.45) is -4.45. The molecule has 0 atom stereocenters. The molecular formula is C22H24F4N2O3. The molecule has 0 radical (unpaired) electrons. The Morgan fingerprint density at radius 1 is 0.968 bits per heavy atom. The van der Waals surface area contributed by atoms with Gasteiger partial charge < -0.3 is 9.64 Å². The summed E-state index contributed by atoms with van der Waals surface area (Å²) in [7, 11) is 1.51. The third-order valence-electron chi connectivity index (χ3n) is 4.50. The van der Waals surface area contributed by atoms with Crippen LogP contribution in [0.4, 0.5) is 17.6 Å². The van der Waals surface area contributed by atoms with Crippen molar-refractivity contribution in [3.63, 3.8) is 0 Å². The highest BCUT2D eigenvalue weighted by atomic mass is 19.4. The van der Waals surface area contributed by atoms with Crippen LogP contribution in [0, 0.1) is 5.82 Å². The summed E-state index contributed by atoms with van der Waals surface area (Å²) in [4.78, 5) is 27.4. The minimum Gasteiger partial charge on any atom is -0.465 e. The van der Waals surface area contributed by atoms with E-state index in [-0.39, 0.29) is 38.7 Å². The Balaban J connectivity index is 2.08. The fourth-order valence-corrected chi connectivity index (χ4v) is 2.90. The van der Waals surface area contributed by atoms with E-state index in [2.05, 4.69) is 0 Å². The van der Waals surface area contributed by atoms with Crippen LogP contribution in [-0.2, 0) is 33.6 Å². The molecular weight excluding hydrogens is 416 g/mol. The molecule has 2 aromatic carbocycles. The largest absolute Gasteiger partial charge is 0.465 e. The lowest BCUT2D eigenvalue weighted by Crippen LogP contribution is -2.40. The molecule has 0 aliphatic heterocycles. The van der Waals surface area contributed by atoms with Gasteiger partial charge in [0.25, 0.3) is 0 Å². The van der Waals surface area contributed by atoms with Crippen molar-refractivity contribution in [3.8, 4) is 0 Å². The maximum absolute atomic E-state index is 13.8. The topological polar surface area (TPSA) is 49.9 Å². The van der Waals surface area contributed by atoms with Crippen LogP contribution >= 0.6 is 0 Å². The monoisotopic (exact) mass is 440 g/mol. The van der Waals surface area contributed by atoms with Gasteiger partial charge in [-0.25, -0.2) is 4.39 Å². The number of carbonyl (C=O) groups is 2. The smallest absolute Gasteiger partial charge is 0.416 e. The number of hydrogen-bond donors (Lipinski definition) is 0. The molecule has 0 saturated carbocycles. The van der Waals surface area contributed by atoms with Gasteiger partial charge in [-0.2, -0.15) is 13.2 Å². The van der Waals surface area contributed by atoms with Crippen LogP contribution in [0.15, 0.2) is 48.5 Å². The number of carbonyl (C=O) groups excluding carboxylic acids is 2. The second kappa shape index (κ2) is 10.9. The molecule has 0 aliphatic carbocycles. The lowest BCUT2D eigenvalue weighted by molar-refractivity contribution is -0.145. The van der Waals surface area contributed by atoms with Gasteiger partial charge in [0.15, 0.2) is 0 Å². The molecule has 0 saturated heterocycles. The molecule has 0 spiro atoms. The molecule has 31 heavy (non-hydrogen) atoms. The Labute approximate surface area is 178 Å². The van der Waals surface area contributed by atoms with E-state index < -0.39 is 23.5 Å². The summed E-state index contributed by atoms with van der Waals surface area (Å²) in [5.74, 6) is -1.37. The van der Waals surface area contributed by atoms with E-state index in [1.807, 2.05) is 0 Å². The lowest BCUT2D eigenvalue weighted by Gasteiger charge is -2.25. The molecule has 9 heteroatoms. The first-order valence-corrected chi connectivity index (χ1v) is 9.61. The molecule has 1 amide bonds. The molecule has 0 unspecified atom stereocenters. The van der Waals surface area contributed by atoms with Crippen LogP contribution in [0.3, 0.4) is 0 Å². The highest BCUT2D eigenvalue weighted by Gasteiger charge is 2.30. The predicted molar refractivity (Wildman–Crippen MR) is 106 cm³/mol. The van der Waals surface area contributed by atoms with Gasteiger partial charge in [-0.05, 0) is 30.7 Å². The standard InChI is InChI=1S/C22H24F4N2O3/c1-3-31-21(30)15-28(12-16-8-10-18(11-9-16)22(24,25)26)14-20(29)27(2)13-17-6-4-5-7-19(17)23/h4-11H,3,12-15H2,1-2H3. The average molecular weight is 440 g/mol. The Bertz CT molecular complexity index is 885. The number of esters is 1. The average Bonchev–Trinajstić information content (AvgIpc) is 2.69. The van der Waals surface area contributed by atoms with Crippen molar-refractivity contribution in [1.29, 1.82) is 0 Å². The van der Waals surface area contributed by atoms with Crippen molar-refractivity contribution in [2.45, 2.75) is 26.2 Å². The van der Waals surface area contributed by atoms with Crippen molar-refractivity contribution >= 4 is 11.9 Å². The van der Waals surface area contributed by atoms with Gasteiger partial charge in [-0.15, -0.1) is 0 Å². The first-order chi connectivity index (χ1) is 14.6. The third kappa shape index (κ3) is 7.67. The fraction of sp³-hybridized carbons (Fsp3) is 0.364. The van der Waals surface area contributed by atoms with E-state index in [1.165, 1.54) is 35.0 Å². The Morgan fingerprint density at radius 3 is 2.19 bits per heavy atom. The molecule has 2 rings (SSSR count). The van der Waals surface area contributed by atoms with Gasteiger partial charge in [-0.1, -0.05) is 30.3 Å². The van der Waals surface area contributed by atoms with Crippen LogP contribution < -0.4 is 0 Å². The number of likely N-dealkylation sites (N-methyl/N-ethyl adjacent to an activating group) is 1.